The van der Waals surface area contributed by atoms with Crippen molar-refractivity contribution in [1.29, 1.82) is 0 Å². The number of rotatable bonds is 1. The first kappa shape index (κ1) is 7.10. The Bertz CT molecular complexity index is 190. The molecule has 3 nitrogen and oxygen atoms in total. The zero-order valence-electron chi connectivity index (χ0n) is 6.63. The molecule has 1 aliphatic heterocycles. The zero-order chi connectivity index (χ0) is 8.06. The Morgan fingerprint density at radius 2 is 2.36 bits per heavy atom. The molecule has 11 heavy (non-hydrogen) atoms. The molecule has 0 radical (unpaired) electrons. The van der Waals surface area contributed by atoms with E-state index in [1.165, 1.54) is 0 Å². The van der Waals surface area contributed by atoms with E-state index in [4.69, 9.17) is 5.11 Å². The number of aliphatic carboxylic acids is 1. The van der Waals surface area contributed by atoms with E-state index in [2.05, 4.69) is 5.32 Å². The lowest BCUT2D eigenvalue weighted by atomic mass is 10.1. The third kappa shape index (κ3) is 0.745. The molecule has 0 aromatic carbocycles. The number of carbonyl (C=O) groups is 1. The third-order valence-electron chi connectivity index (χ3n) is 3.37. The molecule has 1 saturated heterocycles. The second-order valence-electron chi connectivity index (χ2n) is 3.79. The molecule has 0 aromatic rings. The fourth-order valence-corrected chi connectivity index (χ4v) is 2.39. The van der Waals surface area contributed by atoms with Crippen molar-refractivity contribution in [3.05, 3.63) is 0 Å². The second-order valence-corrected chi connectivity index (χ2v) is 3.79. The van der Waals surface area contributed by atoms with Crippen molar-refractivity contribution in [2.45, 2.75) is 13.3 Å². The molecule has 1 aliphatic carbocycles. The first-order valence-electron chi connectivity index (χ1n) is 4.11. The second kappa shape index (κ2) is 1.97. The Hall–Kier alpha value is -0.570. The Kier molecular flexibility index (Phi) is 1.27. The first-order valence-corrected chi connectivity index (χ1v) is 4.11. The minimum absolute atomic E-state index is 0.397. The summed E-state index contributed by atoms with van der Waals surface area (Å²) in [5.74, 6) is 0.228. The van der Waals surface area contributed by atoms with E-state index >= 15 is 0 Å². The van der Waals surface area contributed by atoms with Gasteiger partial charge in [-0.05, 0) is 38.3 Å². The molecule has 1 heterocycles. The van der Waals surface area contributed by atoms with Crippen LogP contribution in [0.3, 0.4) is 0 Å². The summed E-state index contributed by atoms with van der Waals surface area (Å²) in [6.07, 6.45) is 1.04. The lowest BCUT2D eigenvalue weighted by Crippen LogP contribution is -2.24. The van der Waals surface area contributed by atoms with Crippen LogP contribution in [-0.4, -0.2) is 24.2 Å². The molecule has 1 saturated carbocycles. The van der Waals surface area contributed by atoms with E-state index in [-0.39, 0.29) is 0 Å². The summed E-state index contributed by atoms with van der Waals surface area (Å²) < 4.78 is 0. The molecule has 2 rings (SSSR count). The van der Waals surface area contributed by atoms with Crippen molar-refractivity contribution in [2.75, 3.05) is 13.1 Å². The van der Waals surface area contributed by atoms with E-state index in [0.717, 1.165) is 19.5 Å². The summed E-state index contributed by atoms with van der Waals surface area (Å²) in [5.41, 5.74) is -0.399. The third-order valence-corrected chi connectivity index (χ3v) is 3.37. The summed E-state index contributed by atoms with van der Waals surface area (Å²) >= 11 is 0. The number of nitrogens with one attached hydrogen (secondary N) is 1. The predicted octanol–water partition coefficient (Wildman–Crippen LogP) is 0.317. The average Bonchev–Trinajstić information content (AvgIpc) is 2.61. The van der Waals surface area contributed by atoms with Gasteiger partial charge in [0.15, 0.2) is 0 Å². The molecule has 0 spiro atoms. The number of fused-ring (bicyclic) bond motifs is 1. The number of carboxylic acids is 1. The maximum Gasteiger partial charge on any atom is 0.309 e. The highest BCUT2D eigenvalue weighted by molar-refractivity contribution is 5.79. The fourth-order valence-electron chi connectivity index (χ4n) is 2.39. The minimum atomic E-state index is -0.615. The van der Waals surface area contributed by atoms with Crippen LogP contribution in [0.2, 0.25) is 0 Å². The lowest BCUT2D eigenvalue weighted by Gasteiger charge is -2.07. The molecule has 3 heteroatoms. The van der Waals surface area contributed by atoms with Crippen LogP contribution < -0.4 is 5.32 Å². The van der Waals surface area contributed by atoms with Crippen LogP contribution >= 0.6 is 0 Å². The highest BCUT2D eigenvalue weighted by Crippen LogP contribution is 2.61. The number of piperidine rings is 1. The standard InChI is InChI=1S/C8H13NO2/c1-8(7(10)11)5-2-3-9-4-6(5)8/h5-6,9H,2-4H2,1H3,(H,10,11). The van der Waals surface area contributed by atoms with Crippen molar-refractivity contribution in [2.24, 2.45) is 17.3 Å². The van der Waals surface area contributed by atoms with Crippen LogP contribution in [0.1, 0.15) is 13.3 Å². The van der Waals surface area contributed by atoms with Crippen molar-refractivity contribution in [3.8, 4) is 0 Å². The SMILES string of the molecule is CC1(C(=O)O)C2CCNCC21. The van der Waals surface area contributed by atoms with E-state index < -0.39 is 11.4 Å². The van der Waals surface area contributed by atoms with Gasteiger partial charge in [0, 0.05) is 0 Å². The van der Waals surface area contributed by atoms with Gasteiger partial charge < -0.3 is 10.4 Å². The molecule has 0 aromatic heterocycles. The van der Waals surface area contributed by atoms with Crippen molar-refractivity contribution in [1.82, 2.24) is 5.32 Å². The minimum Gasteiger partial charge on any atom is -0.481 e. The number of carboxylic acid groups (broad SMARTS) is 1. The maximum atomic E-state index is 10.8. The number of hydrogen-bond donors (Lipinski definition) is 2. The smallest absolute Gasteiger partial charge is 0.309 e. The monoisotopic (exact) mass is 155 g/mol. The van der Waals surface area contributed by atoms with Gasteiger partial charge >= 0.3 is 5.97 Å². The Morgan fingerprint density at radius 1 is 1.64 bits per heavy atom. The van der Waals surface area contributed by atoms with Gasteiger partial charge in [-0.2, -0.15) is 0 Å². The maximum absolute atomic E-state index is 10.8. The average molecular weight is 155 g/mol. The van der Waals surface area contributed by atoms with Crippen LogP contribution in [-0.2, 0) is 4.79 Å². The molecule has 0 amide bonds. The van der Waals surface area contributed by atoms with Crippen LogP contribution in [0.5, 0.6) is 0 Å². The van der Waals surface area contributed by atoms with Crippen LogP contribution in [0, 0.1) is 17.3 Å². The van der Waals surface area contributed by atoms with Gasteiger partial charge in [-0.3, -0.25) is 4.79 Å². The van der Waals surface area contributed by atoms with Gasteiger partial charge in [-0.15, -0.1) is 0 Å². The highest BCUT2D eigenvalue weighted by Gasteiger charge is 2.66. The van der Waals surface area contributed by atoms with E-state index in [1.54, 1.807) is 0 Å². The predicted molar refractivity (Wildman–Crippen MR) is 40.2 cm³/mol. The highest BCUT2D eigenvalue weighted by atomic mass is 16.4. The molecule has 0 bridgehead atoms. The summed E-state index contributed by atoms with van der Waals surface area (Å²) in [7, 11) is 0. The van der Waals surface area contributed by atoms with Gasteiger partial charge in [-0.1, -0.05) is 0 Å². The summed E-state index contributed by atoms with van der Waals surface area (Å²) in [6, 6.07) is 0. The van der Waals surface area contributed by atoms with Crippen LogP contribution in [0.4, 0.5) is 0 Å². The summed E-state index contributed by atoms with van der Waals surface area (Å²) in [6.45, 7) is 3.76. The van der Waals surface area contributed by atoms with Crippen molar-refractivity contribution < 1.29 is 9.90 Å². The Balaban J connectivity index is 2.14. The molecular formula is C8H13NO2. The molecule has 2 aliphatic rings. The quantitative estimate of drug-likeness (QED) is 0.573. The summed E-state index contributed by atoms with van der Waals surface area (Å²) in [5, 5.41) is 12.1. The van der Waals surface area contributed by atoms with Crippen molar-refractivity contribution >= 4 is 5.97 Å². The summed E-state index contributed by atoms with van der Waals surface area (Å²) in [4.78, 5) is 10.8. The first-order chi connectivity index (χ1) is 5.17. The molecule has 2 fully saturated rings. The fraction of sp³-hybridized carbons (Fsp3) is 0.875. The van der Waals surface area contributed by atoms with Crippen molar-refractivity contribution in [3.63, 3.8) is 0 Å². The normalized spacial score (nSPS) is 48.1. The van der Waals surface area contributed by atoms with Gasteiger partial charge in [0.05, 0.1) is 5.41 Å². The van der Waals surface area contributed by atoms with Gasteiger partial charge in [-0.25, -0.2) is 0 Å². The van der Waals surface area contributed by atoms with E-state index in [0.29, 0.717) is 11.8 Å². The number of hydrogen-bond acceptors (Lipinski definition) is 2. The van der Waals surface area contributed by atoms with Gasteiger partial charge in [0.25, 0.3) is 0 Å². The molecule has 3 atom stereocenters. The molecule has 62 valence electrons. The van der Waals surface area contributed by atoms with Crippen LogP contribution in [0.25, 0.3) is 0 Å². The van der Waals surface area contributed by atoms with Gasteiger partial charge in [0.2, 0.25) is 0 Å². The Morgan fingerprint density at radius 3 is 2.82 bits per heavy atom. The van der Waals surface area contributed by atoms with Crippen LogP contribution in [0.15, 0.2) is 0 Å². The molecule has 2 N–H and O–H groups in total. The van der Waals surface area contributed by atoms with Gasteiger partial charge in [0.1, 0.15) is 0 Å². The molecule has 3 unspecified atom stereocenters. The lowest BCUT2D eigenvalue weighted by molar-refractivity contribution is -0.143. The van der Waals surface area contributed by atoms with E-state index in [9.17, 15) is 4.79 Å². The largest absolute Gasteiger partial charge is 0.481 e. The molecular weight excluding hydrogens is 142 g/mol. The van der Waals surface area contributed by atoms with E-state index in [1.807, 2.05) is 6.92 Å². The topological polar surface area (TPSA) is 49.3 Å². The zero-order valence-corrected chi connectivity index (χ0v) is 6.63. The Labute approximate surface area is 65.8 Å².